The van der Waals surface area contributed by atoms with Crippen LogP contribution in [0.2, 0.25) is 0 Å². The molecule has 1 aromatic rings. The molecule has 0 unspecified atom stereocenters. The van der Waals surface area contributed by atoms with Gasteiger partial charge in [-0.1, -0.05) is 17.7 Å². The van der Waals surface area contributed by atoms with Gasteiger partial charge in [-0.2, -0.15) is 4.31 Å². The average Bonchev–Trinajstić information content (AvgIpc) is 2.41. The van der Waals surface area contributed by atoms with Gasteiger partial charge in [-0.05, 0) is 31.9 Å². The maximum atomic E-state index is 12.1. The van der Waals surface area contributed by atoms with Crippen molar-refractivity contribution in [1.82, 2.24) is 4.31 Å². The summed E-state index contributed by atoms with van der Waals surface area (Å²) in [4.78, 5) is 12.1. The summed E-state index contributed by atoms with van der Waals surface area (Å²) in [6.45, 7) is 6.56. The van der Waals surface area contributed by atoms with Crippen LogP contribution in [-0.2, 0) is 19.6 Å². The van der Waals surface area contributed by atoms with E-state index in [2.05, 4.69) is 5.32 Å². The first kappa shape index (κ1) is 19.6. The van der Waals surface area contributed by atoms with Crippen molar-refractivity contribution in [2.24, 2.45) is 0 Å². The molecule has 7 heteroatoms. The molecule has 0 aromatic heterocycles. The van der Waals surface area contributed by atoms with Crippen molar-refractivity contribution in [2.45, 2.75) is 27.2 Å². The highest BCUT2D eigenvalue weighted by atomic mass is 32.2. The van der Waals surface area contributed by atoms with Crippen molar-refractivity contribution in [3.8, 4) is 0 Å². The van der Waals surface area contributed by atoms with E-state index in [9.17, 15) is 13.2 Å². The lowest BCUT2D eigenvalue weighted by molar-refractivity contribution is -0.116. The van der Waals surface area contributed by atoms with Crippen LogP contribution >= 0.6 is 0 Å². The van der Waals surface area contributed by atoms with Gasteiger partial charge < -0.3 is 10.1 Å². The topological polar surface area (TPSA) is 75.7 Å². The minimum atomic E-state index is -3.35. The minimum Gasteiger partial charge on any atom is -0.383 e. The maximum absolute atomic E-state index is 12.1. The van der Waals surface area contributed by atoms with Gasteiger partial charge in [-0.3, -0.25) is 4.79 Å². The molecule has 0 bridgehead atoms. The molecule has 1 N–H and O–H groups in total. The van der Waals surface area contributed by atoms with Crippen molar-refractivity contribution in [3.63, 3.8) is 0 Å². The van der Waals surface area contributed by atoms with Crippen LogP contribution in [0.5, 0.6) is 0 Å². The number of amides is 1. The highest BCUT2D eigenvalue weighted by Gasteiger charge is 2.18. The van der Waals surface area contributed by atoms with E-state index < -0.39 is 10.0 Å². The number of aryl methyl sites for hydroxylation is 3. The minimum absolute atomic E-state index is 0.101. The second-order valence-corrected chi connectivity index (χ2v) is 7.71. The van der Waals surface area contributed by atoms with Crippen molar-refractivity contribution >= 4 is 21.6 Å². The molecule has 0 aliphatic heterocycles. The third kappa shape index (κ3) is 6.29. The van der Waals surface area contributed by atoms with Crippen molar-refractivity contribution < 1.29 is 17.9 Å². The van der Waals surface area contributed by atoms with Gasteiger partial charge in [0.25, 0.3) is 0 Å². The molecule has 0 atom stereocenters. The fraction of sp³-hybridized carbons (Fsp3) is 0.562. The lowest BCUT2D eigenvalue weighted by atomic mass is 10.1. The zero-order valence-corrected chi connectivity index (χ0v) is 15.3. The number of sulfonamides is 1. The molecule has 130 valence electrons. The molecular weight excluding hydrogens is 316 g/mol. The number of ether oxygens (including phenoxy) is 1. The highest BCUT2D eigenvalue weighted by Crippen LogP contribution is 2.22. The van der Waals surface area contributed by atoms with Crippen LogP contribution < -0.4 is 5.32 Å². The summed E-state index contributed by atoms with van der Waals surface area (Å²) in [5, 5.41) is 2.88. The van der Waals surface area contributed by atoms with Crippen LogP contribution in [0.15, 0.2) is 12.1 Å². The molecule has 0 fully saturated rings. The van der Waals surface area contributed by atoms with Gasteiger partial charge in [0.2, 0.25) is 15.9 Å². The molecule has 1 rings (SSSR count). The Kier molecular flexibility index (Phi) is 7.18. The van der Waals surface area contributed by atoms with Gasteiger partial charge >= 0.3 is 0 Å². The SMILES string of the molecule is COCCN(CCC(=O)Nc1c(C)cc(C)cc1C)S(C)(=O)=O. The second kappa shape index (κ2) is 8.42. The zero-order chi connectivity index (χ0) is 17.6. The van der Waals surface area contributed by atoms with Gasteiger partial charge in [0.1, 0.15) is 0 Å². The van der Waals surface area contributed by atoms with Gasteiger partial charge in [-0.15, -0.1) is 0 Å². The van der Waals surface area contributed by atoms with E-state index in [1.54, 1.807) is 0 Å². The Bertz CT molecular complexity index is 633. The molecule has 0 aliphatic rings. The van der Waals surface area contributed by atoms with Gasteiger partial charge in [-0.25, -0.2) is 8.42 Å². The van der Waals surface area contributed by atoms with E-state index in [0.717, 1.165) is 28.6 Å². The number of carbonyl (C=O) groups excluding carboxylic acids is 1. The molecule has 0 saturated carbocycles. The van der Waals surface area contributed by atoms with Crippen molar-refractivity contribution in [2.75, 3.05) is 38.4 Å². The Labute approximate surface area is 138 Å². The normalized spacial score (nSPS) is 11.7. The molecule has 6 nitrogen and oxygen atoms in total. The molecular formula is C16H26N2O4S. The van der Waals surface area contributed by atoms with Crippen molar-refractivity contribution in [3.05, 3.63) is 28.8 Å². The number of methoxy groups -OCH3 is 1. The fourth-order valence-electron chi connectivity index (χ4n) is 2.44. The number of hydrogen-bond donors (Lipinski definition) is 1. The Morgan fingerprint density at radius 3 is 2.22 bits per heavy atom. The summed E-state index contributed by atoms with van der Waals surface area (Å²) < 4.78 is 29.5. The third-order valence-electron chi connectivity index (χ3n) is 3.54. The van der Waals surface area contributed by atoms with Crippen LogP contribution in [0, 0.1) is 20.8 Å². The molecule has 0 heterocycles. The summed E-state index contributed by atoms with van der Waals surface area (Å²) in [6.07, 6.45) is 1.23. The van der Waals surface area contributed by atoms with E-state index in [1.165, 1.54) is 11.4 Å². The first-order valence-electron chi connectivity index (χ1n) is 7.47. The quantitative estimate of drug-likeness (QED) is 0.782. The molecule has 0 saturated heterocycles. The number of nitrogens with one attached hydrogen (secondary N) is 1. The van der Waals surface area contributed by atoms with Crippen LogP contribution in [0.3, 0.4) is 0 Å². The summed E-state index contributed by atoms with van der Waals surface area (Å²) in [5.74, 6) is -0.203. The summed E-state index contributed by atoms with van der Waals surface area (Å²) >= 11 is 0. The van der Waals surface area contributed by atoms with E-state index in [4.69, 9.17) is 4.74 Å². The predicted octanol–water partition coefficient (Wildman–Crippen LogP) is 1.85. The average molecular weight is 342 g/mol. The molecule has 1 amide bonds. The smallest absolute Gasteiger partial charge is 0.225 e. The number of rotatable bonds is 8. The van der Waals surface area contributed by atoms with Gasteiger partial charge in [0, 0.05) is 32.3 Å². The Morgan fingerprint density at radius 2 is 1.74 bits per heavy atom. The Balaban J connectivity index is 2.69. The number of hydrogen-bond acceptors (Lipinski definition) is 4. The lowest BCUT2D eigenvalue weighted by Gasteiger charge is -2.19. The summed E-state index contributed by atoms with van der Waals surface area (Å²) in [6, 6.07) is 4.01. The monoisotopic (exact) mass is 342 g/mol. The Morgan fingerprint density at radius 1 is 1.17 bits per heavy atom. The Hall–Kier alpha value is -1.44. The fourth-order valence-corrected chi connectivity index (χ4v) is 3.27. The van der Waals surface area contributed by atoms with Crippen molar-refractivity contribution in [1.29, 1.82) is 0 Å². The molecule has 1 aromatic carbocycles. The number of carbonyl (C=O) groups is 1. The number of anilines is 1. The lowest BCUT2D eigenvalue weighted by Crippen LogP contribution is -2.35. The molecule has 0 radical (unpaired) electrons. The maximum Gasteiger partial charge on any atom is 0.225 e. The third-order valence-corrected chi connectivity index (χ3v) is 4.85. The van der Waals surface area contributed by atoms with Gasteiger partial charge in [0.05, 0.1) is 12.9 Å². The predicted molar refractivity (Wildman–Crippen MR) is 92.2 cm³/mol. The molecule has 0 aliphatic carbocycles. The second-order valence-electron chi connectivity index (χ2n) is 5.73. The number of benzene rings is 1. The molecule has 23 heavy (non-hydrogen) atoms. The first-order chi connectivity index (χ1) is 10.6. The van der Waals surface area contributed by atoms with Crippen LogP contribution in [-0.4, -0.2) is 51.7 Å². The summed E-state index contributed by atoms with van der Waals surface area (Å²) in [7, 11) is -1.84. The molecule has 0 spiro atoms. The number of nitrogens with zero attached hydrogens (tertiary/aromatic N) is 1. The van der Waals surface area contributed by atoms with Crippen LogP contribution in [0.4, 0.5) is 5.69 Å². The van der Waals surface area contributed by atoms with Gasteiger partial charge in [0.15, 0.2) is 0 Å². The van der Waals surface area contributed by atoms with Crippen LogP contribution in [0.1, 0.15) is 23.1 Å². The summed E-state index contributed by atoms with van der Waals surface area (Å²) in [5.41, 5.74) is 3.93. The zero-order valence-electron chi connectivity index (χ0n) is 14.5. The standard InChI is InChI=1S/C16H26N2O4S/c1-12-10-13(2)16(14(3)11-12)17-15(19)6-7-18(8-9-22-4)23(5,20)21/h10-11H,6-9H2,1-5H3,(H,17,19). The highest BCUT2D eigenvalue weighted by molar-refractivity contribution is 7.88. The van der Waals surface area contributed by atoms with E-state index >= 15 is 0 Å². The van der Waals surface area contributed by atoms with Crippen LogP contribution in [0.25, 0.3) is 0 Å². The van der Waals surface area contributed by atoms with E-state index in [-0.39, 0.29) is 25.4 Å². The first-order valence-corrected chi connectivity index (χ1v) is 9.31. The van der Waals surface area contributed by atoms with E-state index in [1.807, 2.05) is 32.9 Å². The largest absolute Gasteiger partial charge is 0.383 e. The van der Waals surface area contributed by atoms with E-state index in [0.29, 0.717) is 6.61 Å².